The molecule has 0 aliphatic carbocycles. The molecule has 0 bridgehead atoms. The Morgan fingerprint density at radius 2 is 1.82 bits per heavy atom. The quantitative estimate of drug-likeness (QED) is 0.530. The number of hydrogen-bond donors (Lipinski definition) is 2. The summed E-state index contributed by atoms with van der Waals surface area (Å²) >= 11 is 0. The second-order valence-electron chi connectivity index (χ2n) is 6.41. The highest BCUT2D eigenvalue weighted by Gasteiger charge is 2.18. The van der Waals surface area contributed by atoms with Crippen molar-refractivity contribution in [1.82, 2.24) is 14.6 Å². The number of nitrogens with one attached hydrogen (secondary N) is 1. The van der Waals surface area contributed by atoms with Gasteiger partial charge in [0.1, 0.15) is 11.6 Å². The van der Waals surface area contributed by atoms with Gasteiger partial charge in [-0.1, -0.05) is 36.3 Å². The van der Waals surface area contributed by atoms with E-state index < -0.39 is 5.56 Å². The van der Waals surface area contributed by atoms with Crippen LogP contribution in [0.2, 0.25) is 0 Å². The Bertz CT molecular complexity index is 1280. The lowest BCUT2D eigenvalue weighted by Gasteiger charge is -2.08. The van der Waals surface area contributed by atoms with Crippen LogP contribution in [0.5, 0.6) is 5.75 Å². The van der Waals surface area contributed by atoms with E-state index in [4.69, 9.17) is 0 Å². The van der Waals surface area contributed by atoms with E-state index in [0.717, 1.165) is 11.1 Å². The van der Waals surface area contributed by atoms with Crippen LogP contribution in [0.1, 0.15) is 28.1 Å². The summed E-state index contributed by atoms with van der Waals surface area (Å²) in [6.07, 6.45) is 0.179. The molecule has 6 heteroatoms. The first-order valence-electron chi connectivity index (χ1n) is 8.67. The maximum Gasteiger partial charge on any atom is 0.278 e. The van der Waals surface area contributed by atoms with Crippen LogP contribution in [0.4, 0.5) is 4.39 Å². The summed E-state index contributed by atoms with van der Waals surface area (Å²) in [6, 6.07) is 15.2. The summed E-state index contributed by atoms with van der Waals surface area (Å²) in [5.41, 5.74) is 2.14. The number of aromatic amines is 1. The van der Waals surface area contributed by atoms with E-state index in [-0.39, 0.29) is 23.6 Å². The van der Waals surface area contributed by atoms with Crippen molar-refractivity contribution in [3.05, 3.63) is 98.8 Å². The number of fused-ring (bicyclic) bond motifs is 1. The van der Waals surface area contributed by atoms with Crippen LogP contribution in [-0.4, -0.2) is 19.7 Å². The highest BCUT2D eigenvalue weighted by molar-refractivity contribution is 5.58. The van der Waals surface area contributed by atoms with Crippen molar-refractivity contribution >= 4 is 5.65 Å². The molecule has 0 fully saturated rings. The smallest absolute Gasteiger partial charge is 0.278 e. The molecule has 5 nitrogen and oxygen atoms in total. The van der Waals surface area contributed by atoms with Crippen molar-refractivity contribution in [3.8, 4) is 17.6 Å². The second kappa shape index (κ2) is 7.05. The Morgan fingerprint density at radius 3 is 2.54 bits per heavy atom. The van der Waals surface area contributed by atoms with Crippen molar-refractivity contribution in [2.24, 2.45) is 0 Å². The number of halogens is 1. The molecule has 2 aromatic carbocycles. The first-order valence-corrected chi connectivity index (χ1v) is 8.67. The van der Waals surface area contributed by atoms with Gasteiger partial charge >= 0.3 is 0 Å². The molecule has 0 aliphatic heterocycles. The van der Waals surface area contributed by atoms with Gasteiger partial charge < -0.3 is 5.11 Å². The molecule has 0 saturated heterocycles. The number of benzene rings is 2. The highest BCUT2D eigenvalue weighted by atomic mass is 19.1. The lowest BCUT2D eigenvalue weighted by molar-refractivity contribution is 0.463. The lowest BCUT2D eigenvalue weighted by Crippen LogP contribution is -2.20. The Morgan fingerprint density at radius 1 is 1.11 bits per heavy atom. The summed E-state index contributed by atoms with van der Waals surface area (Å²) < 4.78 is 14.4. The molecule has 4 rings (SSSR count). The van der Waals surface area contributed by atoms with E-state index >= 15 is 0 Å². The number of aromatic nitrogens is 3. The third-order valence-electron chi connectivity index (χ3n) is 4.48. The van der Waals surface area contributed by atoms with Crippen molar-refractivity contribution in [1.29, 1.82) is 0 Å². The molecule has 138 valence electrons. The minimum absolute atomic E-state index is 0.108. The van der Waals surface area contributed by atoms with Crippen LogP contribution in [0.15, 0.2) is 59.4 Å². The highest BCUT2D eigenvalue weighted by Crippen LogP contribution is 2.24. The standard InChI is InChI=1S/C22H16FN3O2/c1-14-20(27)18(13-16-7-10-17(23)11-8-16)22(28)26-21(14)24-19(25-26)12-9-15-5-3-2-4-6-15/h2-8,10-11,27H,13H2,1H3,(H,24,25). The first-order chi connectivity index (χ1) is 13.5. The first kappa shape index (κ1) is 17.6. The predicted octanol–water partition coefficient (Wildman–Crippen LogP) is 3.17. The van der Waals surface area contributed by atoms with Crippen molar-refractivity contribution in [2.75, 3.05) is 0 Å². The molecule has 4 aromatic rings. The summed E-state index contributed by atoms with van der Waals surface area (Å²) in [5, 5.41) is 13.4. The van der Waals surface area contributed by atoms with Crippen LogP contribution in [0.3, 0.4) is 0 Å². The van der Waals surface area contributed by atoms with Gasteiger partial charge in [-0.25, -0.2) is 9.37 Å². The van der Waals surface area contributed by atoms with Crippen LogP contribution in [-0.2, 0) is 6.42 Å². The minimum atomic E-state index is -0.414. The lowest BCUT2D eigenvalue weighted by atomic mass is 10.0. The minimum Gasteiger partial charge on any atom is -0.507 e. The van der Waals surface area contributed by atoms with Crippen LogP contribution in [0.25, 0.3) is 5.65 Å². The molecular formula is C22H16FN3O2. The number of H-pyrrole nitrogens is 1. The third kappa shape index (κ3) is 3.26. The van der Waals surface area contributed by atoms with Gasteiger partial charge in [0.25, 0.3) is 5.56 Å². The fourth-order valence-corrected chi connectivity index (χ4v) is 2.98. The topological polar surface area (TPSA) is 70.4 Å². The van der Waals surface area contributed by atoms with E-state index in [9.17, 15) is 14.3 Å². The molecule has 0 aliphatic rings. The van der Waals surface area contributed by atoms with Crippen LogP contribution < -0.4 is 5.56 Å². The van der Waals surface area contributed by atoms with Crippen molar-refractivity contribution < 1.29 is 9.50 Å². The fraction of sp³-hybridized carbons (Fsp3) is 0.0909. The number of hydrogen-bond acceptors (Lipinski definition) is 3. The maximum atomic E-state index is 13.1. The molecule has 2 aromatic heterocycles. The predicted molar refractivity (Wildman–Crippen MR) is 104 cm³/mol. The Labute approximate surface area is 160 Å². The van der Waals surface area contributed by atoms with E-state index in [0.29, 0.717) is 17.0 Å². The van der Waals surface area contributed by atoms with E-state index in [1.54, 1.807) is 19.1 Å². The number of rotatable bonds is 2. The van der Waals surface area contributed by atoms with Gasteiger partial charge in [0.05, 0.1) is 5.56 Å². The summed E-state index contributed by atoms with van der Waals surface area (Å²) in [5.74, 6) is 5.74. The van der Waals surface area contributed by atoms with Gasteiger partial charge in [0, 0.05) is 17.5 Å². The Kier molecular flexibility index (Phi) is 4.42. The third-order valence-corrected chi connectivity index (χ3v) is 4.48. The van der Waals surface area contributed by atoms with E-state index in [1.807, 2.05) is 30.3 Å². The summed E-state index contributed by atoms with van der Waals surface area (Å²) in [4.78, 5) is 17.2. The maximum absolute atomic E-state index is 13.1. The molecule has 28 heavy (non-hydrogen) atoms. The van der Waals surface area contributed by atoms with Crippen LogP contribution in [0, 0.1) is 24.6 Å². The van der Waals surface area contributed by atoms with Crippen LogP contribution >= 0.6 is 0 Å². The number of aryl methyl sites for hydroxylation is 1. The average Bonchev–Trinajstić information content (AvgIpc) is 3.15. The molecule has 2 N–H and O–H groups in total. The molecule has 0 saturated carbocycles. The van der Waals surface area contributed by atoms with Gasteiger partial charge in [-0.15, -0.1) is 0 Å². The zero-order valence-corrected chi connectivity index (χ0v) is 15.0. The Hall–Kier alpha value is -3.85. The van der Waals surface area contributed by atoms with Gasteiger partial charge in [-0.05, 0) is 42.7 Å². The molecule has 0 amide bonds. The average molecular weight is 373 g/mol. The SMILES string of the molecule is Cc1c(O)c(Cc2ccc(F)cc2)c(=O)n2[nH]c(C#Cc3ccccc3)nc12. The molecule has 0 atom stereocenters. The second-order valence-corrected chi connectivity index (χ2v) is 6.41. The summed E-state index contributed by atoms with van der Waals surface area (Å²) in [7, 11) is 0. The van der Waals surface area contributed by atoms with Gasteiger partial charge in [0.15, 0.2) is 11.5 Å². The molecule has 0 spiro atoms. The number of pyridine rings is 1. The molecule has 2 heterocycles. The zero-order chi connectivity index (χ0) is 19.7. The van der Waals surface area contributed by atoms with Gasteiger partial charge in [-0.2, -0.15) is 4.52 Å². The van der Waals surface area contributed by atoms with E-state index in [2.05, 4.69) is 21.9 Å². The monoisotopic (exact) mass is 373 g/mol. The molecular weight excluding hydrogens is 357 g/mol. The number of aromatic hydroxyl groups is 1. The summed E-state index contributed by atoms with van der Waals surface area (Å²) in [6.45, 7) is 1.69. The normalized spacial score (nSPS) is 10.6. The zero-order valence-electron chi connectivity index (χ0n) is 15.0. The van der Waals surface area contributed by atoms with Gasteiger partial charge in [0.2, 0.25) is 0 Å². The van der Waals surface area contributed by atoms with Crippen molar-refractivity contribution in [2.45, 2.75) is 13.3 Å². The largest absolute Gasteiger partial charge is 0.507 e. The van der Waals surface area contributed by atoms with E-state index in [1.165, 1.54) is 16.6 Å². The van der Waals surface area contributed by atoms with Crippen molar-refractivity contribution in [3.63, 3.8) is 0 Å². The fourth-order valence-electron chi connectivity index (χ4n) is 2.98. The number of nitrogens with zero attached hydrogens (tertiary/aromatic N) is 2. The molecule has 0 unspecified atom stereocenters. The molecule has 0 radical (unpaired) electrons. The Balaban J connectivity index is 1.78. The van der Waals surface area contributed by atoms with Gasteiger partial charge in [-0.3, -0.25) is 9.89 Å².